The lowest BCUT2D eigenvalue weighted by molar-refractivity contribution is -0.0519. The van der Waals surface area contributed by atoms with Gasteiger partial charge >= 0.3 is 7.82 Å². The summed E-state index contributed by atoms with van der Waals surface area (Å²) in [4.78, 5) is 34.8. The molecule has 1 aliphatic carbocycles. The number of nitrogen functional groups attached to an aromatic ring is 2. The molecule has 4 aromatic heterocycles. The Hall–Kier alpha value is -4.10. The number of phosphoric acid groups is 1. The summed E-state index contributed by atoms with van der Waals surface area (Å²) in [5.74, 6) is -0.926. The molecule has 1 saturated carbocycles. The van der Waals surface area contributed by atoms with Gasteiger partial charge in [-0.25, -0.2) is 24.5 Å². The summed E-state index contributed by atoms with van der Waals surface area (Å²) < 4.78 is 39.1. The van der Waals surface area contributed by atoms with Crippen LogP contribution in [0, 0.1) is 17.2 Å². The Morgan fingerprint density at radius 2 is 1.83 bits per heavy atom. The minimum absolute atomic E-state index is 0.0203. The van der Waals surface area contributed by atoms with Crippen molar-refractivity contribution < 1.29 is 43.3 Å². The van der Waals surface area contributed by atoms with Gasteiger partial charge in [-0.05, 0) is 6.42 Å². The van der Waals surface area contributed by atoms with Crippen LogP contribution in [-0.2, 0) is 22.9 Å². The van der Waals surface area contributed by atoms with E-state index >= 15 is 0 Å². The van der Waals surface area contributed by atoms with Gasteiger partial charge in [0.05, 0.1) is 57.1 Å². The summed E-state index contributed by atoms with van der Waals surface area (Å²) in [6.07, 6.45) is -4.62. The van der Waals surface area contributed by atoms with Gasteiger partial charge in [-0.1, -0.05) is 0 Å². The van der Waals surface area contributed by atoms with Gasteiger partial charge in [-0.2, -0.15) is 10.2 Å². The van der Waals surface area contributed by atoms with Crippen molar-refractivity contribution in [2.24, 2.45) is 5.92 Å². The number of fused-ring (bicyclic) bond motifs is 2. The molecule has 1 unspecified atom stereocenters. The third-order valence-corrected chi connectivity index (χ3v) is 9.36. The molecule has 9 N–H and O–H groups in total. The number of rotatable bonds is 11. The maximum absolute atomic E-state index is 13.9. The van der Waals surface area contributed by atoms with Crippen LogP contribution in [0.4, 0.5) is 11.8 Å². The van der Waals surface area contributed by atoms with Crippen molar-refractivity contribution >= 4 is 41.9 Å². The van der Waals surface area contributed by atoms with Crippen LogP contribution in [0.15, 0.2) is 23.8 Å². The number of nitrogens with two attached hydrogens (primary N) is 2. The van der Waals surface area contributed by atoms with Crippen LogP contribution >= 0.6 is 7.82 Å². The highest BCUT2D eigenvalue weighted by molar-refractivity contribution is 7.48. The molecule has 0 amide bonds. The highest BCUT2D eigenvalue weighted by Gasteiger charge is 2.51. The Balaban J connectivity index is 1.20. The van der Waals surface area contributed by atoms with Crippen molar-refractivity contribution in [3.63, 3.8) is 0 Å². The van der Waals surface area contributed by atoms with Gasteiger partial charge < -0.3 is 41.2 Å². The number of aliphatic hydroxyl groups is 4. The van der Waals surface area contributed by atoms with Crippen molar-refractivity contribution in [1.29, 1.82) is 5.26 Å². The Morgan fingerprint density at radius 1 is 1.07 bits per heavy atom. The number of hydrogen-bond acceptors (Lipinski definition) is 18. The molecule has 4 aromatic rings. The molecule has 0 spiro atoms. The molecule has 246 valence electrons. The second-order valence-corrected chi connectivity index (χ2v) is 12.3. The number of ether oxygens (including phenoxy) is 1. The van der Waals surface area contributed by atoms with E-state index < -0.39 is 75.3 Å². The predicted molar refractivity (Wildman–Crippen MR) is 153 cm³/mol. The van der Waals surface area contributed by atoms with Crippen LogP contribution in [0.5, 0.6) is 0 Å². The molecule has 22 heteroatoms. The summed E-state index contributed by atoms with van der Waals surface area (Å²) in [5.41, 5.74) is 11.5. The van der Waals surface area contributed by atoms with Gasteiger partial charge in [0.2, 0.25) is 5.95 Å². The third-order valence-electron chi connectivity index (χ3n) is 7.89. The molecular weight excluding hydrogens is 633 g/mol. The fraction of sp³-hybridized carbons (Fsp3) is 0.542. The van der Waals surface area contributed by atoms with E-state index in [1.807, 2.05) is 6.07 Å². The average molecular weight is 664 g/mol. The summed E-state index contributed by atoms with van der Waals surface area (Å²) in [6, 6.07) is 1.01. The first-order valence-corrected chi connectivity index (χ1v) is 15.4. The fourth-order valence-electron chi connectivity index (χ4n) is 5.65. The second kappa shape index (κ2) is 12.6. The topological polar surface area (TPSA) is 318 Å². The van der Waals surface area contributed by atoms with Crippen LogP contribution in [-0.4, -0.2) is 110 Å². The highest BCUT2D eigenvalue weighted by Crippen LogP contribution is 2.54. The van der Waals surface area contributed by atoms with E-state index in [-0.39, 0.29) is 53.5 Å². The van der Waals surface area contributed by atoms with E-state index in [2.05, 4.69) is 29.9 Å². The zero-order chi connectivity index (χ0) is 32.7. The van der Waals surface area contributed by atoms with Crippen molar-refractivity contribution in [3.05, 3.63) is 29.3 Å². The number of aliphatic hydroxyl groups excluding tert-OH is 4. The van der Waals surface area contributed by atoms with Crippen molar-refractivity contribution in [2.45, 2.75) is 55.6 Å². The number of aromatic nitrogens is 8. The van der Waals surface area contributed by atoms with E-state index in [1.54, 1.807) is 0 Å². The predicted octanol–water partition coefficient (Wildman–Crippen LogP) is -1.90. The molecule has 9 atom stereocenters. The number of aromatic amines is 1. The average Bonchev–Trinajstić information content (AvgIpc) is 3.78. The minimum atomic E-state index is -4.64. The number of imidazole rings is 2. The molecular formula is C24H30N11O10P. The largest absolute Gasteiger partial charge is 0.475 e. The number of phosphoric ester groups is 1. The number of nitriles is 1. The standard InChI is InChI=1S/C24H30N11O10P/c25-2-1-3-42-46(41,45-18-12(5-36)44-23(17(18)39)35-9-30-13-19(26)28-7-29-20(13)35)43-6-10-4-11(16(38)15(10)37)34-8-31-14-21(34)32-24(27)33-22(14)40/h7-12,15-18,23,36-39H,1,3-6H2,(H2,26,28,29)(H3,27,32,33,40)/t10-,11-,12-,15-,16+,17-,18-,23-,46?/m1/s1. The van der Waals surface area contributed by atoms with Crippen LogP contribution in [0.25, 0.3) is 22.3 Å². The van der Waals surface area contributed by atoms with Crippen molar-refractivity contribution in [1.82, 2.24) is 39.0 Å². The van der Waals surface area contributed by atoms with Gasteiger partial charge in [-0.3, -0.25) is 27.9 Å². The van der Waals surface area contributed by atoms with Gasteiger partial charge in [0.1, 0.15) is 36.3 Å². The first-order valence-electron chi connectivity index (χ1n) is 14.0. The molecule has 1 aliphatic heterocycles. The molecule has 2 aliphatic rings. The molecule has 0 radical (unpaired) electrons. The normalized spacial score (nSPS) is 29.4. The number of anilines is 2. The maximum Gasteiger partial charge on any atom is 0.475 e. The number of hydrogen-bond donors (Lipinski definition) is 7. The smallest absolute Gasteiger partial charge is 0.394 e. The molecule has 21 nitrogen and oxygen atoms in total. The first kappa shape index (κ1) is 31.9. The number of nitrogens with zero attached hydrogens (tertiary/aromatic N) is 8. The molecule has 0 aromatic carbocycles. The summed E-state index contributed by atoms with van der Waals surface area (Å²) in [5, 5.41) is 52.0. The quantitative estimate of drug-likeness (QED) is 0.0680. The van der Waals surface area contributed by atoms with Crippen LogP contribution < -0.4 is 17.0 Å². The van der Waals surface area contributed by atoms with Crippen molar-refractivity contribution in [2.75, 3.05) is 31.3 Å². The van der Waals surface area contributed by atoms with Gasteiger partial charge in [0, 0.05) is 5.92 Å². The van der Waals surface area contributed by atoms with Gasteiger partial charge in [0.25, 0.3) is 5.56 Å². The van der Waals surface area contributed by atoms with Crippen LogP contribution in [0.2, 0.25) is 0 Å². The molecule has 2 fully saturated rings. The molecule has 0 bridgehead atoms. The molecule has 1 saturated heterocycles. The zero-order valence-corrected chi connectivity index (χ0v) is 24.7. The molecule has 6 rings (SSSR count). The Morgan fingerprint density at radius 3 is 2.59 bits per heavy atom. The second-order valence-electron chi connectivity index (χ2n) is 10.7. The molecule has 46 heavy (non-hydrogen) atoms. The Kier molecular flexibility index (Phi) is 8.73. The van der Waals surface area contributed by atoms with Crippen molar-refractivity contribution in [3.8, 4) is 6.07 Å². The lowest BCUT2D eigenvalue weighted by Gasteiger charge is -2.26. The minimum Gasteiger partial charge on any atom is -0.394 e. The van der Waals surface area contributed by atoms with Gasteiger partial charge in [0.15, 0.2) is 28.9 Å². The first-order chi connectivity index (χ1) is 22.0. The van der Waals surface area contributed by atoms with Gasteiger partial charge in [-0.15, -0.1) is 0 Å². The highest BCUT2D eigenvalue weighted by atomic mass is 31.2. The monoisotopic (exact) mass is 663 g/mol. The van der Waals surface area contributed by atoms with Crippen LogP contribution in [0.1, 0.15) is 25.1 Å². The maximum atomic E-state index is 13.9. The lowest BCUT2D eigenvalue weighted by Crippen LogP contribution is -2.36. The molecule has 5 heterocycles. The number of nitrogens with one attached hydrogen (secondary N) is 1. The van der Waals surface area contributed by atoms with E-state index in [1.165, 1.54) is 28.1 Å². The summed E-state index contributed by atoms with van der Waals surface area (Å²) in [7, 11) is -4.64. The van der Waals surface area contributed by atoms with E-state index in [0.717, 1.165) is 0 Å². The van der Waals surface area contributed by atoms with E-state index in [9.17, 15) is 29.8 Å². The Labute approximate surface area is 258 Å². The zero-order valence-electron chi connectivity index (χ0n) is 23.8. The SMILES string of the molecule is N#CCCOP(=O)(OC[C@H]1C[C@@H](n2cnc3c(=O)[nH]c(N)nc32)[C@H](O)[C@@H]1O)O[C@H]1[C@@H](O)[C@H](n2cnc3c(N)ncnc32)O[C@@H]1CO. The fourth-order valence-corrected chi connectivity index (χ4v) is 7.09. The van der Waals surface area contributed by atoms with Crippen LogP contribution in [0.3, 0.4) is 0 Å². The third kappa shape index (κ3) is 5.70. The summed E-state index contributed by atoms with van der Waals surface area (Å²) >= 11 is 0. The number of H-pyrrole nitrogens is 1. The summed E-state index contributed by atoms with van der Waals surface area (Å²) in [6.45, 7) is -1.52. The van der Waals surface area contributed by atoms with E-state index in [0.29, 0.717) is 0 Å². The lowest BCUT2D eigenvalue weighted by atomic mass is 10.1. The Bertz CT molecular complexity index is 1880. The van der Waals surface area contributed by atoms with E-state index in [4.69, 9.17) is 35.0 Å².